The number of carbonyl (C=O) groups excluding carboxylic acids is 1. The van der Waals surface area contributed by atoms with Crippen molar-refractivity contribution in [3.8, 4) is 0 Å². The van der Waals surface area contributed by atoms with Crippen LogP contribution in [0.2, 0.25) is 0 Å². The Morgan fingerprint density at radius 1 is 1.57 bits per heavy atom. The number of β-amino-alcohol motifs (C(OH)–C–C–N with tert-alkyl or cyclic N) is 1. The number of rotatable bonds is 3. The highest BCUT2D eigenvalue weighted by Gasteiger charge is 2.29. The summed E-state index contributed by atoms with van der Waals surface area (Å²) in [6.07, 6.45) is 0.114. The third-order valence-corrected chi connectivity index (χ3v) is 2.41. The monoisotopic (exact) mass is 200 g/mol. The molecular weight excluding hydrogens is 180 g/mol. The molecule has 2 N–H and O–H groups in total. The molecule has 4 nitrogen and oxygen atoms in total. The van der Waals surface area contributed by atoms with E-state index in [-0.39, 0.29) is 11.9 Å². The molecule has 0 spiro atoms. The summed E-state index contributed by atoms with van der Waals surface area (Å²) in [4.78, 5) is 13.4. The van der Waals surface area contributed by atoms with Crippen LogP contribution in [0.5, 0.6) is 0 Å². The van der Waals surface area contributed by atoms with Gasteiger partial charge < -0.3 is 15.3 Å². The van der Waals surface area contributed by atoms with Crippen molar-refractivity contribution in [3.05, 3.63) is 0 Å². The van der Waals surface area contributed by atoms with Gasteiger partial charge in [0, 0.05) is 19.5 Å². The topological polar surface area (TPSA) is 52.6 Å². The lowest BCUT2D eigenvalue weighted by atomic mass is 10.1. The van der Waals surface area contributed by atoms with Crippen LogP contribution in [0.4, 0.5) is 0 Å². The summed E-state index contributed by atoms with van der Waals surface area (Å²) < 4.78 is 0. The molecule has 0 saturated carbocycles. The molecule has 1 aliphatic heterocycles. The van der Waals surface area contributed by atoms with Crippen molar-refractivity contribution in [1.82, 2.24) is 10.2 Å². The van der Waals surface area contributed by atoms with Gasteiger partial charge in [-0.1, -0.05) is 13.8 Å². The molecule has 1 fully saturated rings. The van der Waals surface area contributed by atoms with Crippen LogP contribution in [0, 0.1) is 5.92 Å². The van der Waals surface area contributed by atoms with E-state index < -0.39 is 6.10 Å². The Labute approximate surface area is 85.3 Å². The van der Waals surface area contributed by atoms with Crippen LogP contribution in [0.3, 0.4) is 0 Å². The Morgan fingerprint density at radius 2 is 2.21 bits per heavy atom. The first-order chi connectivity index (χ1) is 6.49. The highest BCUT2D eigenvalue weighted by atomic mass is 16.3. The Kier molecular flexibility index (Phi) is 3.89. The maximum atomic E-state index is 11.4. The van der Waals surface area contributed by atoms with Crippen LogP contribution in [-0.2, 0) is 4.79 Å². The summed E-state index contributed by atoms with van der Waals surface area (Å²) in [7, 11) is 1.94. The number of nitrogens with one attached hydrogen (secondary N) is 1. The van der Waals surface area contributed by atoms with Gasteiger partial charge in [-0.2, -0.15) is 0 Å². The summed E-state index contributed by atoms with van der Waals surface area (Å²) in [5.74, 6) is 0.408. The Hall–Kier alpha value is -0.610. The summed E-state index contributed by atoms with van der Waals surface area (Å²) in [6.45, 7) is 5.41. The molecule has 0 bridgehead atoms. The summed E-state index contributed by atoms with van der Waals surface area (Å²) in [5, 5.41) is 12.4. The zero-order valence-electron chi connectivity index (χ0n) is 9.16. The number of amides is 1. The first-order valence-corrected chi connectivity index (χ1v) is 5.15. The third-order valence-electron chi connectivity index (χ3n) is 2.41. The van der Waals surface area contributed by atoms with Gasteiger partial charge in [-0.15, -0.1) is 0 Å². The molecule has 0 aromatic heterocycles. The molecule has 4 heteroatoms. The van der Waals surface area contributed by atoms with Crippen molar-refractivity contribution in [3.63, 3.8) is 0 Å². The average molecular weight is 200 g/mol. The van der Waals surface area contributed by atoms with Crippen molar-refractivity contribution in [2.45, 2.75) is 32.4 Å². The van der Waals surface area contributed by atoms with Crippen LogP contribution < -0.4 is 5.32 Å². The quantitative estimate of drug-likeness (QED) is 0.664. The van der Waals surface area contributed by atoms with Crippen molar-refractivity contribution in [1.29, 1.82) is 0 Å². The SMILES string of the molecule is CC(C)CC(=O)NC1CN(C)CC1O. The maximum Gasteiger partial charge on any atom is 0.220 e. The molecule has 1 heterocycles. The van der Waals surface area contributed by atoms with E-state index in [0.717, 1.165) is 6.54 Å². The van der Waals surface area contributed by atoms with E-state index in [1.54, 1.807) is 0 Å². The molecule has 1 aliphatic rings. The molecule has 2 unspecified atom stereocenters. The van der Waals surface area contributed by atoms with Crippen molar-refractivity contribution < 1.29 is 9.90 Å². The van der Waals surface area contributed by atoms with Gasteiger partial charge in [-0.05, 0) is 13.0 Å². The van der Waals surface area contributed by atoms with Gasteiger partial charge in [0.15, 0.2) is 0 Å². The van der Waals surface area contributed by atoms with E-state index in [4.69, 9.17) is 0 Å². The summed E-state index contributed by atoms with van der Waals surface area (Å²) >= 11 is 0. The van der Waals surface area contributed by atoms with Gasteiger partial charge in [0.2, 0.25) is 5.91 Å². The molecule has 2 atom stereocenters. The van der Waals surface area contributed by atoms with Crippen LogP contribution >= 0.6 is 0 Å². The fourth-order valence-electron chi connectivity index (χ4n) is 1.76. The average Bonchev–Trinajstić information content (AvgIpc) is 2.28. The Bertz CT molecular complexity index is 206. The molecule has 1 rings (SSSR count). The highest BCUT2D eigenvalue weighted by Crippen LogP contribution is 2.08. The summed E-state index contributed by atoms with van der Waals surface area (Å²) in [6, 6.07) is -0.0914. The minimum atomic E-state index is -0.420. The van der Waals surface area contributed by atoms with E-state index in [1.165, 1.54) is 0 Å². The molecule has 0 aromatic rings. The second kappa shape index (κ2) is 4.75. The van der Waals surface area contributed by atoms with E-state index in [1.807, 2.05) is 25.8 Å². The highest BCUT2D eigenvalue weighted by molar-refractivity contribution is 5.76. The smallest absolute Gasteiger partial charge is 0.220 e. The van der Waals surface area contributed by atoms with E-state index >= 15 is 0 Å². The van der Waals surface area contributed by atoms with Crippen LogP contribution in [-0.4, -0.2) is 48.2 Å². The fraction of sp³-hybridized carbons (Fsp3) is 0.900. The first kappa shape index (κ1) is 11.5. The zero-order chi connectivity index (χ0) is 10.7. The number of likely N-dealkylation sites (tertiary alicyclic amines) is 1. The van der Waals surface area contributed by atoms with E-state index in [2.05, 4.69) is 5.32 Å². The van der Waals surface area contributed by atoms with Gasteiger partial charge in [0.1, 0.15) is 0 Å². The predicted molar refractivity (Wildman–Crippen MR) is 54.9 cm³/mol. The number of hydrogen-bond acceptors (Lipinski definition) is 3. The van der Waals surface area contributed by atoms with E-state index in [9.17, 15) is 9.90 Å². The molecular formula is C10H20N2O2. The van der Waals surface area contributed by atoms with Gasteiger partial charge in [-0.25, -0.2) is 0 Å². The van der Waals surface area contributed by atoms with Gasteiger partial charge >= 0.3 is 0 Å². The second-order valence-electron chi connectivity index (χ2n) is 4.56. The molecule has 0 radical (unpaired) electrons. The first-order valence-electron chi connectivity index (χ1n) is 5.15. The van der Waals surface area contributed by atoms with Gasteiger partial charge in [0.25, 0.3) is 0 Å². The minimum Gasteiger partial charge on any atom is -0.390 e. The lowest BCUT2D eigenvalue weighted by Crippen LogP contribution is -2.43. The van der Waals surface area contributed by atoms with Crippen LogP contribution in [0.15, 0.2) is 0 Å². The zero-order valence-corrected chi connectivity index (χ0v) is 9.16. The fourth-order valence-corrected chi connectivity index (χ4v) is 1.76. The number of carbonyl (C=O) groups is 1. The number of aliphatic hydroxyl groups excluding tert-OH is 1. The van der Waals surface area contributed by atoms with E-state index in [0.29, 0.717) is 18.9 Å². The Morgan fingerprint density at radius 3 is 2.64 bits per heavy atom. The van der Waals surface area contributed by atoms with Crippen LogP contribution in [0.25, 0.3) is 0 Å². The molecule has 82 valence electrons. The van der Waals surface area contributed by atoms with Gasteiger partial charge in [0.05, 0.1) is 12.1 Å². The lowest BCUT2D eigenvalue weighted by molar-refractivity contribution is -0.123. The van der Waals surface area contributed by atoms with Crippen LogP contribution in [0.1, 0.15) is 20.3 Å². The lowest BCUT2D eigenvalue weighted by Gasteiger charge is -2.16. The maximum absolute atomic E-state index is 11.4. The molecule has 1 saturated heterocycles. The second-order valence-corrected chi connectivity index (χ2v) is 4.56. The summed E-state index contributed by atoms with van der Waals surface area (Å²) in [5.41, 5.74) is 0. The van der Waals surface area contributed by atoms with Gasteiger partial charge in [-0.3, -0.25) is 4.79 Å². The number of aliphatic hydroxyl groups is 1. The third kappa shape index (κ3) is 3.27. The van der Waals surface area contributed by atoms with Crippen molar-refractivity contribution in [2.75, 3.05) is 20.1 Å². The van der Waals surface area contributed by atoms with Crippen molar-refractivity contribution in [2.24, 2.45) is 5.92 Å². The Balaban J connectivity index is 2.33. The number of likely N-dealkylation sites (N-methyl/N-ethyl adjacent to an activating group) is 1. The standard InChI is InChI=1S/C10H20N2O2/c1-7(2)4-10(14)11-8-5-12(3)6-9(8)13/h7-9,13H,4-6H2,1-3H3,(H,11,14). The largest absolute Gasteiger partial charge is 0.390 e. The molecule has 0 aliphatic carbocycles. The number of nitrogens with zero attached hydrogens (tertiary/aromatic N) is 1. The molecule has 0 aromatic carbocycles. The van der Waals surface area contributed by atoms with Crippen molar-refractivity contribution >= 4 is 5.91 Å². The normalized spacial score (nSPS) is 28.4. The minimum absolute atomic E-state index is 0.0411. The molecule has 14 heavy (non-hydrogen) atoms. The predicted octanol–water partition coefficient (Wildman–Crippen LogP) is -0.176. The molecule has 1 amide bonds. The number of hydrogen-bond donors (Lipinski definition) is 2.